The standard InChI is InChI=1S/C27H22N2O3/c1-2-3-8-17-12-14-18(15-13-17)28-27(32)22-21-11-6-7-16-29(21)24-23(22)25(30)19-9-4-5-10-20(19)26(24)31/h4-7,9-16H,2-3,8H2,1H3,(H,28,32). The summed E-state index contributed by atoms with van der Waals surface area (Å²) in [5.74, 6) is -0.966. The third kappa shape index (κ3) is 3.14. The summed E-state index contributed by atoms with van der Waals surface area (Å²) in [6, 6.07) is 19.8. The Bertz CT molecular complexity index is 1380. The summed E-state index contributed by atoms with van der Waals surface area (Å²) >= 11 is 0. The third-order valence-corrected chi connectivity index (χ3v) is 5.96. The smallest absolute Gasteiger partial charge is 0.258 e. The Morgan fingerprint density at radius 3 is 2.28 bits per heavy atom. The number of aryl methyl sites for hydroxylation is 1. The maximum Gasteiger partial charge on any atom is 0.258 e. The lowest BCUT2D eigenvalue weighted by Gasteiger charge is -2.15. The molecule has 1 amide bonds. The van der Waals surface area contributed by atoms with Crippen molar-refractivity contribution in [1.82, 2.24) is 4.40 Å². The van der Waals surface area contributed by atoms with Crippen LogP contribution >= 0.6 is 0 Å². The molecule has 1 N–H and O–H groups in total. The van der Waals surface area contributed by atoms with Gasteiger partial charge in [0.1, 0.15) is 5.69 Å². The fraction of sp³-hybridized carbons (Fsp3) is 0.148. The summed E-state index contributed by atoms with van der Waals surface area (Å²) in [5.41, 5.74) is 3.72. The zero-order valence-electron chi connectivity index (χ0n) is 17.7. The highest BCUT2D eigenvalue weighted by atomic mass is 16.2. The molecule has 4 aromatic rings. The van der Waals surface area contributed by atoms with Gasteiger partial charge in [-0.2, -0.15) is 0 Å². The first-order valence-corrected chi connectivity index (χ1v) is 10.8. The van der Waals surface area contributed by atoms with E-state index in [9.17, 15) is 14.4 Å². The Kier molecular flexibility index (Phi) is 4.94. The van der Waals surface area contributed by atoms with E-state index < -0.39 is 5.91 Å². The van der Waals surface area contributed by atoms with Crippen LogP contribution < -0.4 is 5.32 Å². The predicted octanol–water partition coefficient (Wildman–Crippen LogP) is 5.31. The van der Waals surface area contributed by atoms with Crippen molar-refractivity contribution >= 4 is 28.7 Å². The van der Waals surface area contributed by atoms with Crippen LogP contribution in [-0.2, 0) is 6.42 Å². The Balaban J connectivity index is 1.59. The molecule has 5 heteroatoms. The van der Waals surface area contributed by atoms with Gasteiger partial charge in [0, 0.05) is 23.0 Å². The molecule has 0 aliphatic heterocycles. The quantitative estimate of drug-likeness (QED) is 0.417. The molecule has 2 aromatic heterocycles. The Morgan fingerprint density at radius 2 is 1.56 bits per heavy atom. The number of hydrogen-bond donors (Lipinski definition) is 1. The van der Waals surface area contributed by atoms with E-state index >= 15 is 0 Å². The average molecular weight is 422 g/mol. The molecule has 158 valence electrons. The maximum absolute atomic E-state index is 13.4. The van der Waals surface area contributed by atoms with E-state index in [-0.39, 0.29) is 28.4 Å². The monoisotopic (exact) mass is 422 g/mol. The molecule has 5 rings (SSSR count). The number of unbranched alkanes of at least 4 members (excludes halogenated alkanes) is 1. The van der Waals surface area contributed by atoms with Crippen molar-refractivity contribution in [3.8, 4) is 0 Å². The van der Waals surface area contributed by atoms with Crippen molar-refractivity contribution in [2.75, 3.05) is 5.32 Å². The first-order chi connectivity index (χ1) is 15.6. The van der Waals surface area contributed by atoms with Crippen molar-refractivity contribution in [2.24, 2.45) is 0 Å². The van der Waals surface area contributed by atoms with Gasteiger partial charge in [0.05, 0.1) is 16.6 Å². The van der Waals surface area contributed by atoms with Crippen LogP contribution in [0.4, 0.5) is 5.69 Å². The summed E-state index contributed by atoms with van der Waals surface area (Å²) < 4.78 is 1.65. The second-order valence-electron chi connectivity index (χ2n) is 8.01. The molecule has 1 aliphatic carbocycles. The molecular weight excluding hydrogens is 400 g/mol. The van der Waals surface area contributed by atoms with Crippen LogP contribution in [0, 0.1) is 0 Å². The molecule has 0 saturated carbocycles. The third-order valence-electron chi connectivity index (χ3n) is 5.96. The van der Waals surface area contributed by atoms with Gasteiger partial charge in [0.25, 0.3) is 5.91 Å². The van der Waals surface area contributed by atoms with E-state index in [2.05, 4.69) is 12.2 Å². The average Bonchev–Trinajstić information content (AvgIpc) is 3.18. The van der Waals surface area contributed by atoms with E-state index in [1.54, 1.807) is 53.1 Å². The van der Waals surface area contributed by atoms with Gasteiger partial charge < -0.3 is 9.72 Å². The Hall–Kier alpha value is -3.99. The summed E-state index contributed by atoms with van der Waals surface area (Å²) in [4.78, 5) is 40.1. The van der Waals surface area contributed by atoms with Gasteiger partial charge in [-0.1, -0.05) is 55.8 Å². The first kappa shape index (κ1) is 19.9. The molecule has 0 bridgehead atoms. The van der Waals surface area contributed by atoms with Crippen LogP contribution in [0.5, 0.6) is 0 Å². The normalized spacial score (nSPS) is 12.5. The number of nitrogens with one attached hydrogen (secondary N) is 1. The van der Waals surface area contributed by atoms with Gasteiger partial charge in [0.15, 0.2) is 5.78 Å². The lowest BCUT2D eigenvalue weighted by atomic mass is 9.86. The van der Waals surface area contributed by atoms with E-state index in [1.807, 2.05) is 24.3 Å². The van der Waals surface area contributed by atoms with Gasteiger partial charge in [-0.05, 0) is 42.7 Å². The highest BCUT2D eigenvalue weighted by Gasteiger charge is 2.37. The number of benzene rings is 2. The number of aromatic nitrogens is 1. The number of pyridine rings is 1. The molecule has 0 radical (unpaired) electrons. The maximum atomic E-state index is 13.4. The van der Waals surface area contributed by atoms with Gasteiger partial charge in [0.2, 0.25) is 5.78 Å². The first-order valence-electron chi connectivity index (χ1n) is 10.8. The molecule has 2 aromatic carbocycles. The molecular formula is C27H22N2O3. The minimum atomic E-state index is -0.406. The molecule has 5 nitrogen and oxygen atoms in total. The van der Waals surface area contributed by atoms with Crippen molar-refractivity contribution in [3.63, 3.8) is 0 Å². The number of carbonyl (C=O) groups is 3. The molecule has 1 aliphatic rings. The molecule has 32 heavy (non-hydrogen) atoms. The minimum absolute atomic E-state index is 0.164. The highest BCUT2D eigenvalue weighted by molar-refractivity contribution is 6.32. The van der Waals surface area contributed by atoms with E-state index in [4.69, 9.17) is 0 Å². The molecule has 2 heterocycles. The van der Waals surface area contributed by atoms with Crippen LogP contribution in [0.1, 0.15) is 67.7 Å². The van der Waals surface area contributed by atoms with Crippen molar-refractivity contribution < 1.29 is 14.4 Å². The highest BCUT2D eigenvalue weighted by Crippen LogP contribution is 2.34. The molecule has 0 atom stereocenters. The largest absolute Gasteiger partial charge is 0.322 e. The van der Waals surface area contributed by atoms with Crippen LogP contribution in [0.3, 0.4) is 0 Å². The molecule has 0 unspecified atom stereocenters. The summed E-state index contributed by atoms with van der Waals surface area (Å²) in [5, 5.41) is 2.91. The fourth-order valence-electron chi connectivity index (χ4n) is 4.35. The van der Waals surface area contributed by atoms with Gasteiger partial charge in [-0.15, -0.1) is 0 Å². The van der Waals surface area contributed by atoms with Gasteiger partial charge >= 0.3 is 0 Å². The van der Waals surface area contributed by atoms with Crippen LogP contribution in [0.2, 0.25) is 0 Å². The lowest BCUT2D eigenvalue weighted by Crippen LogP contribution is -2.23. The van der Waals surface area contributed by atoms with E-state index in [0.717, 1.165) is 19.3 Å². The number of amides is 1. The Labute approximate surface area is 185 Å². The number of ketones is 2. The predicted molar refractivity (Wildman–Crippen MR) is 124 cm³/mol. The van der Waals surface area contributed by atoms with Crippen molar-refractivity contribution in [3.05, 3.63) is 106 Å². The van der Waals surface area contributed by atoms with E-state index in [0.29, 0.717) is 22.3 Å². The van der Waals surface area contributed by atoms with Gasteiger partial charge in [-0.25, -0.2) is 0 Å². The number of carbonyl (C=O) groups excluding carboxylic acids is 3. The van der Waals surface area contributed by atoms with Crippen LogP contribution in [0.25, 0.3) is 5.52 Å². The van der Waals surface area contributed by atoms with E-state index in [1.165, 1.54) is 5.56 Å². The summed E-state index contributed by atoms with van der Waals surface area (Å²) in [6.07, 6.45) is 4.96. The molecule has 0 fully saturated rings. The molecule has 0 spiro atoms. The van der Waals surface area contributed by atoms with Gasteiger partial charge in [-0.3, -0.25) is 14.4 Å². The number of anilines is 1. The number of hydrogen-bond acceptors (Lipinski definition) is 3. The summed E-state index contributed by atoms with van der Waals surface area (Å²) in [7, 11) is 0. The number of fused-ring (bicyclic) bond motifs is 4. The SMILES string of the molecule is CCCCc1ccc(NC(=O)c2c3c(n4ccccc24)C(=O)c2ccccc2C3=O)cc1. The molecule has 0 saturated heterocycles. The second-order valence-corrected chi connectivity index (χ2v) is 8.01. The minimum Gasteiger partial charge on any atom is -0.322 e. The number of rotatable bonds is 5. The topological polar surface area (TPSA) is 67.7 Å². The number of nitrogens with zero attached hydrogens (tertiary/aromatic N) is 1. The fourth-order valence-corrected chi connectivity index (χ4v) is 4.35. The van der Waals surface area contributed by atoms with Crippen molar-refractivity contribution in [2.45, 2.75) is 26.2 Å². The zero-order chi connectivity index (χ0) is 22.2. The van der Waals surface area contributed by atoms with Crippen LogP contribution in [-0.4, -0.2) is 21.9 Å². The zero-order valence-corrected chi connectivity index (χ0v) is 17.7. The van der Waals surface area contributed by atoms with Crippen LogP contribution in [0.15, 0.2) is 72.9 Å². The van der Waals surface area contributed by atoms with Crippen molar-refractivity contribution in [1.29, 1.82) is 0 Å². The lowest BCUT2D eigenvalue weighted by molar-refractivity contribution is 0.0969. The second kappa shape index (κ2) is 7.93. The Morgan fingerprint density at radius 1 is 0.875 bits per heavy atom. The summed E-state index contributed by atoms with van der Waals surface area (Å²) in [6.45, 7) is 2.15.